The molecule has 2 heterocycles. The fourth-order valence-electron chi connectivity index (χ4n) is 3.88. The summed E-state index contributed by atoms with van der Waals surface area (Å²) in [6.45, 7) is 0.620. The van der Waals surface area contributed by atoms with Crippen molar-refractivity contribution in [3.63, 3.8) is 0 Å². The number of nitrogens with zero attached hydrogens (tertiary/aromatic N) is 2. The van der Waals surface area contributed by atoms with E-state index in [-0.39, 0.29) is 18.0 Å². The number of rotatable bonds is 8. The van der Waals surface area contributed by atoms with Gasteiger partial charge in [0, 0.05) is 24.9 Å². The predicted octanol–water partition coefficient (Wildman–Crippen LogP) is 2.69. The van der Waals surface area contributed by atoms with E-state index in [1.165, 1.54) is 6.07 Å². The molecule has 0 aliphatic rings. The third kappa shape index (κ3) is 5.39. The number of hydrogen-bond donors (Lipinski definition) is 2. The Balaban J connectivity index is 1.77. The second-order valence-electron chi connectivity index (χ2n) is 7.93. The molecule has 0 aliphatic carbocycles. The highest BCUT2D eigenvalue weighted by molar-refractivity contribution is 5.99. The Morgan fingerprint density at radius 3 is 2.50 bits per heavy atom. The van der Waals surface area contributed by atoms with Crippen LogP contribution in [-0.2, 0) is 19.5 Å². The second-order valence-corrected chi connectivity index (χ2v) is 7.93. The summed E-state index contributed by atoms with van der Waals surface area (Å²) in [5.41, 5.74) is 7.80. The van der Waals surface area contributed by atoms with Crippen molar-refractivity contribution < 1.29 is 15.3 Å². The first kappa shape index (κ1) is 22.9. The molecule has 0 saturated carbocycles. The van der Waals surface area contributed by atoms with Crippen LogP contribution in [0.5, 0.6) is 5.75 Å². The van der Waals surface area contributed by atoms with Gasteiger partial charge in [-0.25, -0.2) is 0 Å². The van der Waals surface area contributed by atoms with Gasteiger partial charge in [0.15, 0.2) is 0 Å². The lowest BCUT2D eigenvalue weighted by Crippen LogP contribution is -2.46. The summed E-state index contributed by atoms with van der Waals surface area (Å²) in [7, 11) is 1.61. The van der Waals surface area contributed by atoms with Gasteiger partial charge < -0.3 is 20.4 Å². The van der Waals surface area contributed by atoms with Gasteiger partial charge >= 0.3 is 0 Å². The molecule has 0 aliphatic heterocycles. The van der Waals surface area contributed by atoms with E-state index in [2.05, 4.69) is 16.0 Å². The van der Waals surface area contributed by atoms with Gasteiger partial charge in [0.25, 0.3) is 11.5 Å². The normalized spacial score (nSPS) is 10.6. The summed E-state index contributed by atoms with van der Waals surface area (Å²) in [5.74, 6) is 0.429. The molecule has 1 amide bonds. The smallest absolute Gasteiger partial charge is 0.259 e. The molecule has 4 aromatic rings. The Bertz CT molecular complexity index is 1340. The number of ether oxygens (including phenoxy) is 1. The van der Waals surface area contributed by atoms with Gasteiger partial charge in [0.05, 0.1) is 25.4 Å². The zero-order chi connectivity index (χ0) is 23.9. The fourth-order valence-corrected chi connectivity index (χ4v) is 3.88. The average Bonchev–Trinajstić information content (AvgIpc) is 2.86. The van der Waals surface area contributed by atoms with Crippen LogP contribution in [0.3, 0.4) is 0 Å². The zero-order valence-electron chi connectivity index (χ0n) is 19.0. The van der Waals surface area contributed by atoms with Crippen molar-refractivity contribution in [1.82, 2.24) is 14.9 Å². The maximum atomic E-state index is 13.4. The van der Waals surface area contributed by atoms with Crippen molar-refractivity contribution in [2.45, 2.75) is 19.5 Å². The maximum Gasteiger partial charge on any atom is 0.259 e. The molecule has 4 N–H and O–H groups in total. The largest absolute Gasteiger partial charge is 0.497 e. The van der Waals surface area contributed by atoms with Crippen LogP contribution in [0.4, 0.5) is 5.69 Å². The van der Waals surface area contributed by atoms with E-state index in [0.29, 0.717) is 35.7 Å². The number of nitrogens with one attached hydrogen (secondary N) is 1. The van der Waals surface area contributed by atoms with E-state index >= 15 is 0 Å². The van der Waals surface area contributed by atoms with Crippen LogP contribution in [0.2, 0.25) is 0 Å². The fraction of sp³-hybridized carbons (Fsp3) is 0.148. The van der Waals surface area contributed by atoms with Crippen molar-refractivity contribution in [1.29, 1.82) is 0 Å². The van der Waals surface area contributed by atoms with Gasteiger partial charge in [-0.1, -0.05) is 48.5 Å². The first-order chi connectivity index (χ1) is 16.5. The Labute approximate surface area is 197 Å². The first-order valence-electron chi connectivity index (χ1n) is 11.0. The topological polar surface area (TPSA) is 101 Å². The van der Waals surface area contributed by atoms with E-state index in [1.54, 1.807) is 17.9 Å². The van der Waals surface area contributed by atoms with Crippen molar-refractivity contribution in [2.75, 3.05) is 7.11 Å². The highest BCUT2D eigenvalue weighted by Gasteiger charge is 2.23. The molecule has 7 heteroatoms. The minimum absolute atomic E-state index is 0.229. The molecule has 0 unspecified atom stereocenters. The van der Waals surface area contributed by atoms with Crippen LogP contribution in [0, 0.1) is 0 Å². The SMILES string of the molecule is COc1cccc(Cc2c(C(=O)NCc3ccccc3)c([NH3+])cc(=O)n2Cc2ccccn2)c1. The zero-order valence-corrected chi connectivity index (χ0v) is 19.0. The number of hydrogen-bond acceptors (Lipinski definition) is 4. The van der Waals surface area contributed by atoms with E-state index in [0.717, 1.165) is 16.8 Å². The molecule has 0 spiro atoms. The molecule has 4 rings (SSSR count). The van der Waals surface area contributed by atoms with Crippen molar-refractivity contribution in [2.24, 2.45) is 0 Å². The van der Waals surface area contributed by atoms with E-state index in [1.807, 2.05) is 72.8 Å². The molecule has 34 heavy (non-hydrogen) atoms. The number of benzene rings is 2. The molecule has 0 radical (unpaired) electrons. The summed E-state index contributed by atoms with van der Waals surface area (Å²) in [6.07, 6.45) is 2.04. The van der Waals surface area contributed by atoms with Crippen molar-refractivity contribution in [3.8, 4) is 5.75 Å². The molecule has 0 bridgehead atoms. The van der Waals surface area contributed by atoms with Crippen molar-refractivity contribution in [3.05, 3.63) is 123 Å². The van der Waals surface area contributed by atoms with E-state index in [9.17, 15) is 9.59 Å². The van der Waals surface area contributed by atoms with Crippen LogP contribution < -0.4 is 21.3 Å². The summed E-state index contributed by atoms with van der Waals surface area (Å²) in [4.78, 5) is 30.8. The predicted molar refractivity (Wildman–Crippen MR) is 130 cm³/mol. The summed E-state index contributed by atoms with van der Waals surface area (Å²) in [5, 5.41) is 2.98. The Morgan fingerprint density at radius 1 is 1.00 bits per heavy atom. The standard InChI is InChI=1S/C27H26N4O3/c1-34-22-12-7-10-20(14-22)15-24-26(27(33)30-17-19-8-3-2-4-9-19)23(28)16-25(32)31(24)18-21-11-5-6-13-29-21/h2-14,16H,15,17-18,28H2,1H3,(H,30,33)/p+1. The number of carbonyl (C=O) groups is 1. The van der Waals surface area contributed by atoms with Crippen LogP contribution in [-0.4, -0.2) is 22.6 Å². The first-order valence-corrected chi connectivity index (χ1v) is 11.0. The summed E-state index contributed by atoms with van der Waals surface area (Å²) in [6, 6.07) is 24.2. The summed E-state index contributed by atoms with van der Waals surface area (Å²) >= 11 is 0. The average molecular weight is 456 g/mol. The molecule has 0 fully saturated rings. The van der Waals surface area contributed by atoms with E-state index < -0.39 is 0 Å². The molecule has 2 aromatic carbocycles. The highest BCUT2D eigenvalue weighted by Crippen LogP contribution is 2.21. The lowest BCUT2D eigenvalue weighted by molar-refractivity contribution is -0.255. The number of amides is 1. The number of carbonyl (C=O) groups excluding carboxylic acids is 1. The molecule has 172 valence electrons. The van der Waals surface area contributed by atoms with Crippen LogP contribution in [0.15, 0.2) is 89.9 Å². The van der Waals surface area contributed by atoms with Crippen molar-refractivity contribution >= 4 is 11.6 Å². The number of pyridine rings is 2. The van der Waals surface area contributed by atoms with Crippen LogP contribution in [0.25, 0.3) is 0 Å². The second kappa shape index (κ2) is 10.6. The number of quaternary nitrogens is 1. The Kier molecular flexibility index (Phi) is 7.15. The van der Waals surface area contributed by atoms with Gasteiger partial charge in [-0.05, 0) is 35.4 Å². The maximum absolute atomic E-state index is 13.4. The molecule has 0 atom stereocenters. The minimum Gasteiger partial charge on any atom is -0.497 e. The lowest BCUT2D eigenvalue weighted by atomic mass is 10.0. The van der Waals surface area contributed by atoms with Gasteiger partial charge in [0.2, 0.25) is 0 Å². The quantitative estimate of drug-likeness (QED) is 0.427. The third-order valence-electron chi connectivity index (χ3n) is 5.57. The lowest BCUT2D eigenvalue weighted by Gasteiger charge is -2.18. The molecule has 2 aromatic heterocycles. The molecular weight excluding hydrogens is 428 g/mol. The molecular formula is C27H27N4O3+. The minimum atomic E-state index is -0.276. The van der Waals surface area contributed by atoms with Crippen LogP contribution in [0.1, 0.15) is 32.9 Å². The van der Waals surface area contributed by atoms with Gasteiger partial charge in [-0.15, -0.1) is 0 Å². The number of methoxy groups -OCH3 is 1. The van der Waals surface area contributed by atoms with Crippen LogP contribution >= 0.6 is 0 Å². The Morgan fingerprint density at radius 2 is 1.76 bits per heavy atom. The molecule has 0 saturated heterocycles. The van der Waals surface area contributed by atoms with E-state index in [4.69, 9.17) is 4.74 Å². The Hall–Kier alpha value is -4.23. The van der Waals surface area contributed by atoms with Gasteiger partial charge in [0.1, 0.15) is 17.0 Å². The highest BCUT2D eigenvalue weighted by atomic mass is 16.5. The third-order valence-corrected chi connectivity index (χ3v) is 5.57. The summed E-state index contributed by atoms with van der Waals surface area (Å²) < 4.78 is 6.97. The number of aromatic nitrogens is 2. The van der Waals surface area contributed by atoms with Gasteiger partial charge in [-0.3, -0.25) is 14.6 Å². The molecule has 7 nitrogen and oxygen atoms in total. The monoisotopic (exact) mass is 455 g/mol. The van der Waals surface area contributed by atoms with Gasteiger partial charge in [-0.2, -0.15) is 0 Å².